The largest absolute Gasteiger partial charge is 0.489 e. The second kappa shape index (κ2) is 9.74. The lowest BCUT2D eigenvalue weighted by Crippen LogP contribution is -2.34. The van der Waals surface area contributed by atoms with Crippen LogP contribution in [0.3, 0.4) is 0 Å². The van der Waals surface area contributed by atoms with Crippen LogP contribution in [0, 0.1) is 6.92 Å². The maximum Gasteiger partial charge on any atom is 0.296 e. The van der Waals surface area contributed by atoms with Crippen molar-refractivity contribution in [2.75, 3.05) is 17.3 Å². The fraction of sp³-hybridized carbons (Fsp3) is 0.167. The molecule has 1 aliphatic rings. The van der Waals surface area contributed by atoms with Crippen molar-refractivity contribution in [2.45, 2.75) is 6.92 Å². The van der Waals surface area contributed by atoms with E-state index in [-0.39, 0.29) is 22.9 Å². The van der Waals surface area contributed by atoms with Gasteiger partial charge in [0.1, 0.15) is 18.0 Å². The summed E-state index contributed by atoms with van der Waals surface area (Å²) in [5, 5.41) is 8.79. The molecule has 33 heavy (non-hydrogen) atoms. The smallest absolute Gasteiger partial charge is 0.296 e. The Morgan fingerprint density at radius 1 is 1.12 bits per heavy atom. The molecule has 1 fully saturated rings. The summed E-state index contributed by atoms with van der Waals surface area (Å²) in [4.78, 5) is 27.4. The molecule has 2 aromatic carbocycles. The van der Waals surface area contributed by atoms with Crippen LogP contribution >= 0.6 is 11.8 Å². The molecule has 9 heteroatoms. The highest BCUT2D eigenvalue weighted by Gasteiger charge is 2.35. The summed E-state index contributed by atoms with van der Waals surface area (Å²) in [6, 6.07) is 16.7. The fourth-order valence-electron chi connectivity index (χ4n) is 3.48. The molecule has 0 saturated carbocycles. The molecule has 168 valence electrons. The quantitative estimate of drug-likeness (QED) is 0.306. The molecule has 1 amide bonds. The third kappa shape index (κ3) is 4.40. The van der Waals surface area contributed by atoms with E-state index in [0.717, 1.165) is 5.56 Å². The second-order valence-corrected chi connectivity index (χ2v) is 8.14. The lowest BCUT2D eigenvalue weighted by atomic mass is 10.2. The highest BCUT2D eigenvalue weighted by molar-refractivity contribution is 8.15. The van der Waals surface area contributed by atoms with Gasteiger partial charge in [-0.05, 0) is 31.2 Å². The average molecular weight is 462 g/mol. The van der Waals surface area contributed by atoms with Gasteiger partial charge in [-0.2, -0.15) is 5.10 Å². The molecule has 0 unspecified atom stereocenters. The molecule has 2 heterocycles. The molecule has 0 spiro atoms. The van der Waals surface area contributed by atoms with Gasteiger partial charge >= 0.3 is 0 Å². The fourth-order valence-corrected chi connectivity index (χ4v) is 4.28. The van der Waals surface area contributed by atoms with E-state index in [0.29, 0.717) is 28.9 Å². The predicted molar refractivity (Wildman–Crippen MR) is 133 cm³/mol. The minimum atomic E-state index is -0.295. The number of nitrogens with zero attached hydrogens (tertiary/aromatic N) is 5. The van der Waals surface area contributed by atoms with Gasteiger partial charge in [0.15, 0.2) is 5.17 Å². The van der Waals surface area contributed by atoms with Gasteiger partial charge in [-0.15, -0.1) is 5.10 Å². The Kier molecular flexibility index (Phi) is 6.60. The number of carbonyl (C=O) groups excluding carboxylic acids is 1. The molecule has 1 aliphatic heterocycles. The first-order valence-corrected chi connectivity index (χ1v) is 11.2. The van der Waals surface area contributed by atoms with Crippen LogP contribution in [0.15, 0.2) is 82.2 Å². The van der Waals surface area contributed by atoms with Crippen LogP contribution < -0.4 is 15.2 Å². The summed E-state index contributed by atoms with van der Waals surface area (Å²) < 4.78 is 8.90. The Balaban J connectivity index is 1.69. The van der Waals surface area contributed by atoms with Gasteiger partial charge < -0.3 is 4.74 Å². The Labute approximate surface area is 195 Å². The number of amides is 1. The summed E-state index contributed by atoms with van der Waals surface area (Å²) in [7, 11) is 1.79. The number of hydrogen-bond donors (Lipinski definition) is 0. The van der Waals surface area contributed by atoms with Crippen LogP contribution in [0.2, 0.25) is 0 Å². The minimum Gasteiger partial charge on any atom is -0.489 e. The van der Waals surface area contributed by atoms with Crippen LogP contribution in [0.25, 0.3) is 5.69 Å². The van der Waals surface area contributed by atoms with E-state index in [1.165, 1.54) is 21.3 Å². The van der Waals surface area contributed by atoms with Crippen LogP contribution in [0.4, 0.5) is 5.69 Å². The molecule has 8 nitrogen and oxygen atoms in total. The van der Waals surface area contributed by atoms with Crippen molar-refractivity contribution in [1.29, 1.82) is 0 Å². The summed E-state index contributed by atoms with van der Waals surface area (Å²) in [6.45, 7) is 5.84. The Hall–Kier alpha value is -3.85. The number of benzene rings is 2. The zero-order chi connectivity index (χ0) is 23.4. The number of hydrogen-bond acceptors (Lipinski definition) is 6. The maximum atomic E-state index is 13.4. The molecule has 0 atom stereocenters. The van der Waals surface area contributed by atoms with Crippen molar-refractivity contribution >= 4 is 34.7 Å². The van der Waals surface area contributed by atoms with E-state index in [9.17, 15) is 9.59 Å². The van der Waals surface area contributed by atoms with E-state index >= 15 is 0 Å². The zero-order valence-electron chi connectivity index (χ0n) is 18.3. The SMILES string of the molecule is C=CCOc1ccccc1/C=N/N=C1\SCC(=O)N1c1c(C)n(C)n(-c2ccccc2)c1=O. The molecular formula is C24H23N5O3S. The van der Waals surface area contributed by atoms with Crippen LogP contribution in [-0.2, 0) is 11.8 Å². The van der Waals surface area contributed by atoms with Gasteiger partial charge in [0, 0.05) is 12.6 Å². The number of thioether (sulfide) groups is 1. The third-order valence-corrected chi connectivity index (χ3v) is 6.04. The van der Waals surface area contributed by atoms with E-state index < -0.39 is 0 Å². The second-order valence-electron chi connectivity index (χ2n) is 7.19. The summed E-state index contributed by atoms with van der Waals surface area (Å²) in [5.74, 6) is 0.625. The maximum absolute atomic E-state index is 13.4. The number of ether oxygens (including phenoxy) is 1. The molecule has 1 saturated heterocycles. The lowest BCUT2D eigenvalue weighted by Gasteiger charge is -2.13. The van der Waals surface area contributed by atoms with Gasteiger partial charge in [0.25, 0.3) is 5.56 Å². The van der Waals surface area contributed by atoms with E-state index in [2.05, 4.69) is 16.8 Å². The normalized spacial score (nSPS) is 15.0. The average Bonchev–Trinajstić information content (AvgIpc) is 3.29. The number of amidine groups is 1. The van der Waals surface area contributed by atoms with Gasteiger partial charge in [-0.3, -0.25) is 14.3 Å². The van der Waals surface area contributed by atoms with Crippen molar-refractivity contribution in [2.24, 2.45) is 17.3 Å². The van der Waals surface area contributed by atoms with Crippen LogP contribution in [-0.4, -0.2) is 39.0 Å². The molecule has 4 rings (SSSR count). The molecule has 0 bridgehead atoms. The third-order valence-electron chi connectivity index (χ3n) is 5.13. The van der Waals surface area contributed by atoms with Gasteiger partial charge in [-0.1, -0.05) is 54.7 Å². The first-order chi connectivity index (χ1) is 16.0. The number of para-hydroxylation sites is 2. The van der Waals surface area contributed by atoms with Crippen molar-refractivity contribution in [3.63, 3.8) is 0 Å². The number of anilines is 1. The molecular weight excluding hydrogens is 438 g/mol. The Bertz CT molecular complexity index is 1310. The number of rotatable bonds is 7. The van der Waals surface area contributed by atoms with Crippen molar-refractivity contribution < 1.29 is 9.53 Å². The van der Waals surface area contributed by atoms with Crippen LogP contribution in [0.5, 0.6) is 5.75 Å². The first-order valence-electron chi connectivity index (χ1n) is 10.3. The predicted octanol–water partition coefficient (Wildman–Crippen LogP) is 3.52. The van der Waals surface area contributed by atoms with Crippen molar-refractivity contribution in [3.05, 3.63) is 88.9 Å². The molecule has 0 N–H and O–H groups in total. The lowest BCUT2D eigenvalue weighted by molar-refractivity contribution is -0.115. The highest BCUT2D eigenvalue weighted by Crippen LogP contribution is 2.28. The summed E-state index contributed by atoms with van der Waals surface area (Å²) >= 11 is 1.25. The van der Waals surface area contributed by atoms with E-state index in [1.807, 2.05) is 54.6 Å². The first kappa shape index (κ1) is 22.3. The van der Waals surface area contributed by atoms with Crippen molar-refractivity contribution in [1.82, 2.24) is 9.36 Å². The van der Waals surface area contributed by atoms with Gasteiger partial charge in [0.05, 0.1) is 23.3 Å². The topological polar surface area (TPSA) is 81.2 Å². The Morgan fingerprint density at radius 2 is 1.85 bits per heavy atom. The van der Waals surface area contributed by atoms with Crippen molar-refractivity contribution in [3.8, 4) is 11.4 Å². The van der Waals surface area contributed by atoms with E-state index in [1.54, 1.807) is 30.9 Å². The monoisotopic (exact) mass is 461 g/mol. The molecule has 1 aromatic heterocycles. The van der Waals surface area contributed by atoms with Crippen LogP contribution in [0.1, 0.15) is 11.3 Å². The highest BCUT2D eigenvalue weighted by atomic mass is 32.2. The van der Waals surface area contributed by atoms with Gasteiger partial charge in [0.2, 0.25) is 5.91 Å². The van der Waals surface area contributed by atoms with E-state index in [4.69, 9.17) is 4.74 Å². The molecule has 0 aliphatic carbocycles. The summed E-state index contributed by atoms with van der Waals surface area (Å²) in [5.41, 5.74) is 2.09. The zero-order valence-corrected chi connectivity index (χ0v) is 19.2. The Morgan fingerprint density at radius 3 is 2.61 bits per heavy atom. The number of carbonyl (C=O) groups is 1. The standard InChI is InChI=1S/C24H23N5O3S/c1-4-14-32-20-13-9-8-10-18(20)15-25-26-24-28(21(30)16-33-24)22-17(2)27(3)29(23(22)31)19-11-6-5-7-12-19/h4-13,15H,1,14,16H2,2-3H3/b25-15+,26-24-. The number of aromatic nitrogens is 2. The summed E-state index contributed by atoms with van der Waals surface area (Å²) in [6.07, 6.45) is 3.23. The minimum absolute atomic E-state index is 0.187. The molecule has 3 aromatic rings. The van der Waals surface area contributed by atoms with Gasteiger partial charge in [-0.25, -0.2) is 9.58 Å². The molecule has 0 radical (unpaired) electrons.